The molecule has 0 spiro atoms. The van der Waals surface area contributed by atoms with Gasteiger partial charge in [-0.1, -0.05) is 103 Å². The topological polar surface area (TPSA) is 52.5 Å². The summed E-state index contributed by atoms with van der Waals surface area (Å²) >= 11 is 0. The molecule has 0 aromatic heterocycles. The van der Waals surface area contributed by atoms with Gasteiger partial charge in [0, 0.05) is 6.61 Å². The fraction of sp³-hybridized carbons (Fsp3) is 1.00. The van der Waals surface area contributed by atoms with Crippen LogP contribution in [0.1, 0.15) is 116 Å². The summed E-state index contributed by atoms with van der Waals surface area (Å²) in [5.74, 6) is 0. The van der Waals surface area contributed by atoms with Gasteiger partial charge in [0.1, 0.15) is 0 Å². The van der Waals surface area contributed by atoms with Crippen LogP contribution in [-0.4, -0.2) is 30.1 Å². The average molecular weight is 344 g/mol. The van der Waals surface area contributed by atoms with E-state index in [-0.39, 0.29) is 6.73 Å². The summed E-state index contributed by atoms with van der Waals surface area (Å²) in [4.78, 5) is 0. The second kappa shape index (κ2) is 22.9. The van der Waals surface area contributed by atoms with Gasteiger partial charge >= 0.3 is 0 Å². The molecule has 0 heterocycles. The zero-order valence-corrected chi connectivity index (χ0v) is 16.2. The van der Waals surface area contributed by atoms with Crippen LogP contribution in [0.15, 0.2) is 0 Å². The fourth-order valence-electron chi connectivity index (χ4n) is 3.27. The molecule has 0 aliphatic rings. The third-order valence-corrected chi connectivity index (χ3v) is 4.87. The first kappa shape index (κ1) is 23.9. The van der Waals surface area contributed by atoms with Crippen molar-refractivity contribution in [3.8, 4) is 0 Å². The van der Waals surface area contributed by atoms with Crippen molar-refractivity contribution in [3.63, 3.8) is 0 Å². The lowest BCUT2D eigenvalue weighted by Crippen LogP contribution is -2.15. The van der Waals surface area contributed by atoms with Gasteiger partial charge in [0.2, 0.25) is 0 Å². The molecule has 0 aliphatic heterocycles. The van der Waals surface area contributed by atoms with Gasteiger partial charge in [0.15, 0.2) is 0 Å². The molecule has 0 aromatic carbocycles. The Bertz CT molecular complexity index is 190. The monoisotopic (exact) mass is 343 g/mol. The molecular weight excluding hydrogens is 298 g/mol. The highest BCUT2D eigenvalue weighted by molar-refractivity contribution is 4.51. The molecule has 0 unspecified atom stereocenters. The fourth-order valence-corrected chi connectivity index (χ4v) is 3.27. The summed E-state index contributed by atoms with van der Waals surface area (Å²) < 4.78 is 0. The van der Waals surface area contributed by atoms with Crippen molar-refractivity contribution in [1.29, 1.82) is 0 Å². The molecule has 146 valence electrons. The van der Waals surface area contributed by atoms with Gasteiger partial charge in [-0.05, 0) is 19.4 Å². The Morgan fingerprint density at radius 1 is 0.375 bits per heavy atom. The Morgan fingerprint density at radius 3 is 0.958 bits per heavy atom. The van der Waals surface area contributed by atoms with Gasteiger partial charge in [-0.3, -0.25) is 5.32 Å². The zero-order valence-electron chi connectivity index (χ0n) is 16.2. The lowest BCUT2D eigenvalue weighted by atomic mass is 10.0. The SMILES string of the molecule is OCCCCCCCCCCCCCCCCCCCCNCO. The molecule has 0 saturated carbocycles. The molecule has 0 amide bonds. The first-order valence-electron chi connectivity index (χ1n) is 10.8. The summed E-state index contributed by atoms with van der Waals surface area (Å²) in [6.07, 6.45) is 24.3. The smallest absolute Gasteiger partial charge is 0.0931 e. The minimum Gasteiger partial charge on any atom is -0.396 e. The van der Waals surface area contributed by atoms with Gasteiger partial charge in [-0.15, -0.1) is 0 Å². The third-order valence-electron chi connectivity index (χ3n) is 4.87. The van der Waals surface area contributed by atoms with Crippen LogP contribution >= 0.6 is 0 Å². The quantitative estimate of drug-likeness (QED) is 0.189. The van der Waals surface area contributed by atoms with E-state index in [9.17, 15) is 0 Å². The maximum atomic E-state index is 8.71. The molecule has 0 radical (unpaired) electrons. The highest BCUT2D eigenvalue weighted by Gasteiger charge is 1.95. The van der Waals surface area contributed by atoms with Crippen molar-refractivity contribution >= 4 is 0 Å². The first-order chi connectivity index (χ1) is 11.9. The first-order valence-corrected chi connectivity index (χ1v) is 10.8. The maximum absolute atomic E-state index is 8.71. The van der Waals surface area contributed by atoms with E-state index in [1.165, 1.54) is 109 Å². The van der Waals surface area contributed by atoms with Gasteiger partial charge < -0.3 is 10.2 Å². The minimum atomic E-state index is 0.116. The highest BCUT2D eigenvalue weighted by atomic mass is 16.3. The van der Waals surface area contributed by atoms with E-state index in [2.05, 4.69) is 5.32 Å². The largest absolute Gasteiger partial charge is 0.396 e. The number of aliphatic hydroxyl groups is 2. The predicted molar refractivity (Wildman–Crippen MR) is 105 cm³/mol. The van der Waals surface area contributed by atoms with E-state index in [0.29, 0.717) is 6.61 Å². The van der Waals surface area contributed by atoms with E-state index in [4.69, 9.17) is 10.2 Å². The van der Waals surface area contributed by atoms with Crippen LogP contribution in [0.2, 0.25) is 0 Å². The maximum Gasteiger partial charge on any atom is 0.0931 e. The van der Waals surface area contributed by atoms with Gasteiger partial charge in [-0.25, -0.2) is 0 Å². The summed E-state index contributed by atoms with van der Waals surface area (Å²) in [5.41, 5.74) is 0. The molecule has 0 aromatic rings. The van der Waals surface area contributed by atoms with E-state index in [1.54, 1.807) is 0 Å². The van der Waals surface area contributed by atoms with Crippen LogP contribution in [0.25, 0.3) is 0 Å². The number of aliphatic hydroxyl groups excluding tert-OH is 2. The van der Waals surface area contributed by atoms with Crippen molar-refractivity contribution in [2.24, 2.45) is 0 Å². The van der Waals surface area contributed by atoms with Gasteiger partial charge in [0.25, 0.3) is 0 Å². The number of nitrogens with one attached hydrogen (secondary N) is 1. The van der Waals surface area contributed by atoms with Crippen LogP contribution in [0, 0.1) is 0 Å². The molecule has 3 nitrogen and oxygen atoms in total. The number of rotatable bonds is 21. The second-order valence-electron chi connectivity index (χ2n) is 7.25. The molecule has 3 heteroatoms. The van der Waals surface area contributed by atoms with Crippen molar-refractivity contribution in [1.82, 2.24) is 5.32 Å². The molecule has 0 atom stereocenters. The highest BCUT2D eigenvalue weighted by Crippen LogP contribution is 2.14. The third kappa shape index (κ3) is 21.9. The zero-order chi connectivity index (χ0) is 17.6. The van der Waals surface area contributed by atoms with Crippen LogP contribution in [0.3, 0.4) is 0 Å². The van der Waals surface area contributed by atoms with Crippen LogP contribution in [-0.2, 0) is 0 Å². The lowest BCUT2D eigenvalue weighted by Gasteiger charge is -2.04. The van der Waals surface area contributed by atoms with E-state index in [1.807, 2.05) is 0 Å². The Kier molecular flexibility index (Phi) is 22.8. The van der Waals surface area contributed by atoms with Crippen LogP contribution in [0.5, 0.6) is 0 Å². The summed E-state index contributed by atoms with van der Waals surface area (Å²) in [6.45, 7) is 1.44. The molecule has 24 heavy (non-hydrogen) atoms. The molecule has 0 aliphatic carbocycles. The number of hydrogen-bond donors (Lipinski definition) is 3. The Hall–Kier alpha value is -0.120. The van der Waals surface area contributed by atoms with E-state index in [0.717, 1.165) is 13.0 Å². The van der Waals surface area contributed by atoms with Crippen LogP contribution < -0.4 is 5.32 Å². The molecule has 0 bridgehead atoms. The Morgan fingerprint density at radius 2 is 0.667 bits per heavy atom. The molecular formula is C21H45NO2. The Labute approximate surface area is 151 Å². The average Bonchev–Trinajstić information content (AvgIpc) is 2.60. The van der Waals surface area contributed by atoms with Crippen molar-refractivity contribution < 1.29 is 10.2 Å². The number of unbranched alkanes of at least 4 members (excludes halogenated alkanes) is 17. The van der Waals surface area contributed by atoms with Gasteiger partial charge in [0.05, 0.1) is 6.73 Å². The molecule has 0 saturated heterocycles. The molecule has 0 fully saturated rings. The normalized spacial score (nSPS) is 11.2. The van der Waals surface area contributed by atoms with Crippen molar-refractivity contribution in [2.75, 3.05) is 19.9 Å². The molecule has 0 rings (SSSR count). The Balaban J connectivity index is 2.93. The summed E-state index contributed by atoms with van der Waals surface area (Å²) in [5, 5.41) is 20.3. The number of hydrogen-bond acceptors (Lipinski definition) is 3. The minimum absolute atomic E-state index is 0.116. The van der Waals surface area contributed by atoms with Crippen molar-refractivity contribution in [3.05, 3.63) is 0 Å². The van der Waals surface area contributed by atoms with E-state index < -0.39 is 0 Å². The lowest BCUT2D eigenvalue weighted by molar-refractivity contribution is 0.260. The van der Waals surface area contributed by atoms with Gasteiger partial charge in [-0.2, -0.15) is 0 Å². The van der Waals surface area contributed by atoms with Crippen molar-refractivity contribution in [2.45, 2.75) is 116 Å². The molecule has 3 N–H and O–H groups in total. The predicted octanol–water partition coefficient (Wildman–Crippen LogP) is 5.54. The summed E-state index contributed by atoms with van der Waals surface area (Å²) in [7, 11) is 0. The van der Waals surface area contributed by atoms with Crippen LogP contribution in [0.4, 0.5) is 0 Å². The standard InChI is InChI=1S/C21H45NO2/c23-20-18-16-14-12-10-8-6-4-2-1-3-5-7-9-11-13-15-17-19-22-21-24/h22-24H,1-21H2. The summed E-state index contributed by atoms with van der Waals surface area (Å²) in [6, 6.07) is 0. The van der Waals surface area contributed by atoms with E-state index >= 15 is 0 Å². The second-order valence-corrected chi connectivity index (χ2v) is 7.25.